The normalized spacial score (nSPS) is 25.8. The molecule has 0 aliphatic carbocycles. The third kappa shape index (κ3) is 6.58. The maximum Gasteiger partial charge on any atom is 0.312 e. The maximum absolute atomic E-state index is 14.9. The van der Waals surface area contributed by atoms with E-state index < -0.39 is 47.7 Å². The van der Waals surface area contributed by atoms with Gasteiger partial charge in [-0.15, -0.1) is 13.2 Å². The number of fused-ring (bicyclic) bond motifs is 2. The molecule has 10 heteroatoms. The molecule has 3 aliphatic rings. The molecule has 0 saturated carbocycles. The lowest BCUT2D eigenvalue weighted by molar-refractivity contribution is -0.159. The van der Waals surface area contributed by atoms with Crippen molar-refractivity contribution in [3.63, 3.8) is 0 Å². The fraction of sp³-hybridized carbons (Fsp3) is 0.514. The van der Waals surface area contributed by atoms with Crippen LogP contribution >= 0.6 is 0 Å². The van der Waals surface area contributed by atoms with E-state index >= 15 is 0 Å². The highest BCUT2D eigenvalue weighted by Crippen LogP contribution is 2.59. The van der Waals surface area contributed by atoms with Crippen molar-refractivity contribution in [2.24, 2.45) is 17.8 Å². The number of likely N-dealkylation sites (tertiary alicyclic amines) is 1. The largest absolute Gasteiger partial charge is 0.460 e. The molecule has 0 radical (unpaired) electrons. The number of hydrogen-bond donors (Lipinski definition) is 2. The van der Waals surface area contributed by atoms with Gasteiger partial charge < -0.3 is 29.7 Å². The number of esters is 1. The van der Waals surface area contributed by atoms with Gasteiger partial charge in [-0.05, 0) is 61.4 Å². The summed E-state index contributed by atoms with van der Waals surface area (Å²) in [6.45, 7) is 13.2. The molecule has 0 aromatic heterocycles. The highest BCUT2D eigenvalue weighted by Gasteiger charge is 2.75. The minimum Gasteiger partial charge on any atom is -0.460 e. The molecule has 2 aromatic carbocycles. The van der Waals surface area contributed by atoms with Crippen LogP contribution in [0.5, 0.6) is 0 Å². The summed E-state index contributed by atoms with van der Waals surface area (Å²) in [4.78, 5) is 58.4. The van der Waals surface area contributed by atoms with Crippen LogP contribution in [0.4, 0.5) is 5.69 Å². The first kappa shape index (κ1) is 34.3. The van der Waals surface area contributed by atoms with Gasteiger partial charge in [0.2, 0.25) is 11.8 Å². The van der Waals surface area contributed by atoms with Gasteiger partial charge in [0.25, 0.3) is 5.91 Å². The van der Waals surface area contributed by atoms with Crippen LogP contribution in [0.15, 0.2) is 67.8 Å². The van der Waals surface area contributed by atoms with Crippen molar-refractivity contribution in [1.29, 1.82) is 0 Å². The predicted octanol–water partition coefficient (Wildman–Crippen LogP) is 4.15. The summed E-state index contributed by atoms with van der Waals surface area (Å²) in [5.74, 6) is -3.22. The molecule has 3 saturated heterocycles. The fourth-order valence-electron chi connectivity index (χ4n) is 7.69. The zero-order valence-electron chi connectivity index (χ0n) is 27.6. The van der Waals surface area contributed by atoms with Crippen LogP contribution in [0, 0.1) is 17.8 Å². The van der Waals surface area contributed by atoms with E-state index in [0.29, 0.717) is 31.4 Å². The van der Waals surface area contributed by atoms with Crippen LogP contribution < -0.4 is 10.2 Å². The minimum atomic E-state index is -1.26. The number of benzene rings is 2. The number of rotatable bonds is 15. The van der Waals surface area contributed by atoms with Crippen LogP contribution in [-0.4, -0.2) is 83.3 Å². The van der Waals surface area contributed by atoms with Gasteiger partial charge in [0.05, 0.1) is 37.1 Å². The second-order valence-electron chi connectivity index (χ2n) is 13.4. The molecule has 2 N–H and O–H groups in total. The van der Waals surface area contributed by atoms with Crippen molar-refractivity contribution in [2.45, 2.75) is 82.8 Å². The molecule has 2 bridgehead atoms. The van der Waals surface area contributed by atoms with Gasteiger partial charge in [0.15, 0.2) is 0 Å². The van der Waals surface area contributed by atoms with Gasteiger partial charge >= 0.3 is 5.97 Å². The summed E-state index contributed by atoms with van der Waals surface area (Å²) < 4.78 is 12.4. The zero-order chi connectivity index (χ0) is 33.9. The van der Waals surface area contributed by atoms with Crippen LogP contribution in [0.25, 0.3) is 10.8 Å². The average Bonchev–Trinajstić information content (AvgIpc) is 3.70. The first-order chi connectivity index (χ1) is 22.6. The number of allylic oxidation sites excluding steroid dienone is 1. The van der Waals surface area contributed by atoms with E-state index in [-0.39, 0.29) is 49.8 Å². The summed E-state index contributed by atoms with van der Waals surface area (Å²) >= 11 is 0. The van der Waals surface area contributed by atoms with E-state index in [1.165, 1.54) is 4.90 Å². The third-order valence-electron chi connectivity index (χ3n) is 9.69. The highest BCUT2D eigenvalue weighted by atomic mass is 16.6. The van der Waals surface area contributed by atoms with E-state index in [1.54, 1.807) is 24.0 Å². The number of nitrogens with one attached hydrogen (secondary N) is 1. The van der Waals surface area contributed by atoms with Crippen molar-refractivity contribution in [3.05, 3.63) is 67.8 Å². The molecular weight excluding hydrogens is 598 g/mol. The van der Waals surface area contributed by atoms with E-state index in [9.17, 15) is 24.3 Å². The zero-order valence-corrected chi connectivity index (χ0v) is 27.6. The van der Waals surface area contributed by atoms with E-state index in [4.69, 9.17) is 9.47 Å². The number of aliphatic hydroxyl groups is 1. The topological polar surface area (TPSA) is 125 Å². The lowest BCUT2D eigenvalue weighted by Gasteiger charge is -2.39. The molecule has 3 heterocycles. The number of amides is 3. The third-order valence-corrected chi connectivity index (χ3v) is 9.69. The smallest absolute Gasteiger partial charge is 0.312 e. The van der Waals surface area contributed by atoms with E-state index in [0.717, 1.165) is 10.8 Å². The van der Waals surface area contributed by atoms with Gasteiger partial charge in [-0.1, -0.05) is 56.3 Å². The molecule has 3 aliphatic heterocycles. The standard InChI is InChI=1S/C37H47N3O7/c1-6-8-13-30(42)38-21-24(5)46-36(45)31-29-16-17-37(47-29)32(31)34(43)40(28(22-41)19-23(3)4)33(37)35(44)39(18-7-2)27-15-14-25-11-9-10-12-26(25)20-27/h6-7,9-12,14-15,20,23-24,28-29,31-33,41H,1-2,8,13,16-19,21-22H2,3-5H3,(H,38,42)/t24-,28-,29+,31-,32-,33+,37-/m1/s1. The van der Waals surface area contributed by atoms with Gasteiger partial charge in [-0.25, -0.2) is 0 Å². The monoisotopic (exact) mass is 645 g/mol. The molecule has 1 spiro atoms. The van der Waals surface area contributed by atoms with Gasteiger partial charge in [-0.2, -0.15) is 0 Å². The molecule has 3 amide bonds. The molecule has 7 atom stereocenters. The van der Waals surface area contributed by atoms with Crippen LogP contribution in [0.1, 0.15) is 52.9 Å². The lowest BCUT2D eigenvalue weighted by atomic mass is 9.70. The Balaban J connectivity index is 1.48. The van der Waals surface area contributed by atoms with E-state index in [2.05, 4.69) is 18.5 Å². The Morgan fingerprint density at radius 2 is 1.89 bits per heavy atom. The van der Waals surface area contributed by atoms with E-state index in [1.807, 2.05) is 56.3 Å². The number of aliphatic hydroxyl groups excluding tert-OH is 1. The molecular formula is C37H47N3O7. The number of ether oxygens (including phenoxy) is 2. The average molecular weight is 646 g/mol. The Morgan fingerprint density at radius 3 is 2.57 bits per heavy atom. The summed E-state index contributed by atoms with van der Waals surface area (Å²) in [6, 6.07) is 11.9. The van der Waals surface area contributed by atoms with Crippen LogP contribution in [0.2, 0.25) is 0 Å². The van der Waals surface area contributed by atoms with Crippen molar-refractivity contribution < 1.29 is 33.8 Å². The Morgan fingerprint density at radius 1 is 1.15 bits per heavy atom. The molecule has 47 heavy (non-hydrogen) atoms. The molecule has 252 valence electrons. The molecule has 5 rings (SSSR count). The summed E-state index contributed by atoms with van der Waals surface area (Å²) in [5, 5.41) is 15.4. The summed E-state index contributed by atoms with van der Waals surface area (Å²) in [7, 11) is 0. The molecule has 2 aromatic rings. The van der Waals surface area contributed by atoms with Gasteiger partial charge in [-0.3, -0.25) is 19.2 Å². The number of anilines is 1. The van der Waals surface area contributed by atoms with Crippen LogP contribution in [-0.2, 0) is 28.7 Å². The Bertz CT molecular complexity index is 1520. The minimum absolute atomic E-state index is 0.124. The lowest BCUT2D eigenvalue weighted by Crippen LogP contribution is -2.59. The van der Waals surface area contributed by atoms with Gasteiger partial charge in [0, 0.05) is 18.7 Å². The molecule has 0 unspecified atom stereocenters. The molecule has 10 nitrogen and oxygen atoms in total. The van der Waals surface area contributed by atoms with Crippen molar-refractivity contribution in [3.8, 4) is 0 Å². The second-order valence-corrected chi connectivity index (χ2v) is 13.4. The first-order valence-corrected chi connectivity index (χ1v) is 16.7. The molecule has 3 fully saturated rings. The summed E-state index contributed by atoms with van der Waals surface area (Å²) in [5.41, 5.74) is -0.608. The number of hydrogen-bond acceptors (Lipinski definition) is 7. The Kier molecular flexibility index (Phi) is 10.5. The van der Waals surface area contributed by atoms with Gasteiger partial charge in [0.1, 0.15) is 17.7 Å². The van der Waals surface area contributed by atoms with Crippen molar-refractivity contribution >= 4 is 40.2 Å². The fourth-order valence-corrected chi connectivity index (χ4v) is 7.69. The Hall–Kier alpha value is -4.02. The predicted molar refractivity (Wildman–Crippen MR) is 179 cm³/mol. The highest BCUT2D eigenvalue weighted by molar-refractivity contribution is 6.05. The van der Waals surface area contributed by atoms with Crippen molar-refractivity contribution in [2.75, 3.05) is 24.6 Å². The Labute approximate surface area is 276 Å². The van der Waals surface area contributed by atoms with Crippen LogP contribution in [0.3, 0.4) is 0 Å². The summed E-state index contributed by atoms with van der Waals surface area (Å²) in [6.07, 6.45) is 4.27. The number of carbonyl (C=O) groups excluding carboxylic acids is 4. The number of nitrogens with zero attached hydrogens (tertiary/aromatic N) is 2. The van der Waals surface area contributed by atoms with Crippen molar-refractivity contribution in [1.82, 2.24) is 10.2 Å². The quantitative estimate of drug-likeness (QED) is 0.220. The SMILES string of the molecule is C=CCCC(=O)NC[C@@H](C)OC(=O)[C@@H]1[C@@H]2CC[C@]3(O2)[C@H](C(=O)N(CC=C)c2ccc4ccccc4c2)N([C@@H](CO)CC(C)C)C(=O)[C@@H]13. The maximum atomic E-state index is 14.9. The second kappa shape index (κ2) is 14.4. The first-order valence-electron chi connectivity index (χ1n) is 16.7. The number of carbonyl (C=O) groups is 4.